The third-order valence-electron chi connectivity index (χ3n) is 4.78. The van der Waals surface area contributed by atoms with Crippen molar-refractivity contribution in [3.05, 3.63) is 53.1 Å². The maximum atomic E-state index is 12.5. The zero-order chi connectivity index (χ0) is 17.3. The highest BCUT2D eigenvalue weighted by atomic mass is 32.2. The fourth-order valence-corrected chi connectivity index (χ4v) is 4.30. The number of nitrogens with zero attached hydrogens (tertiary/aromatic N) is 3. The number of piperidine rings is 1. The number of aromatic nitrogens is 2. The summed E-state index contributed by atoms with van der Waals surface area (Å²) in [4.78, 5) is 0. The first-order chi connectivity index (χ1) is 12.1. The average molecular weight is 359 g/mol. The van der Waals surface area contributed by atoms with Crippen LogP contribution < -0.4 is 0 Å². The normalized spacial score (nSPS) is 20.3. The smallest absolute Gasteiger partial charge is 0.236 e. The summed E-state index contributed by atoms with van der Waals surface area (Å²) in [6.07, 6.45) is 5.33. The largest absolute Gasteiger partial charge is 0.425 e. The second kappa shape index (κ2) is 6.72. The van der Waals surface area contributed by atoms with Crippen molar-refractivity contribution in [2.45, 2.75) is 37.5 Å². The van der Waals surface area contributed by atoms with Gasteiger partial charge in [0.15, 0.2) is 0 Å². The van der Waals surface area contributed by atoms with Crippen LogP contribution in [0.5, 0.6) is 0 Å². The summed E-state index contributed by atoms with van der Waals surface area (Å²) in [7, 11) is -3.40. The van der Waals surface area contributed by atoms with Crippen LogP contribution in [0.3, 0.4) is 0 Å². The van der Waals surface area contributed by atoms with E-state index in [4.69, 9.17) is 4.42 Å². The fraction of sp³-hybridized carbons (Fsp3) is 0.444. The van der Waals surface area contributed by atoms with E-state index in [0.29, 0.717) is 37.7 Å². The maximum Gasteiger partial charge on any atom is 0.236 e. The van der Waals surface area contributed by atoms with Crippen molar-refractivity contribution in [1.82, 2.24) is 14.5 Å². The second-order valence-corrected chi connectivity index (χ2v) is 8.50. The average Bonchev–Trinajstić information content (AvgIpc) is 3.38. The van der Waals surface area contributed by atoms with Crippen molar-refractivity contribution in [1.29, 1.82) is 0 Å². The number of hydrogen-bond donors (Lipinski definition) is 0. The summed E-state index contributed by atoms with van der Waals surface area (Å²) in [5.74, 6) is 2.02. The minimum atomic E-state index is -3.40. The third-order valence-corrected chi connectivity index (χ3v) is 6.34. The Morgan fingerprint density at radius 3 is 2.16 bits per heavy atom. The van der Waals surface area contributed by atoms with Gasteiger partial charge >= 0.3 is 0 Å². The SMILES string of the molecule is O=S(=O)(C=Cc1ccccc1)N1CCC(c2nnc(C3CC3)o2)CC1. The standard InChI is InChI=1S/C18H21N3O3S/c22-25(23,13-10-14-4-2-1-3-5-14)21-11-8-16(9-12-21)18-20-19-17(24-18)15-6-7-15/h1-5,10,13,15-16H,6-9,11-12H2. The molecule has 4 rings (SSSR count). The quantitative estimate of drug-likeness (QED) is 0.820. The lowest BCUT2D eigenvalue weighted by Crippen LogP contribution is -2.36. The van der Waals surface area contributed by atoms with Gasteiger partial charge in [0.1, 0.15) is 0 Å². The molecule has 0 N–H and O–H groups in total. The molecular weight excluding hydrogens is 338 g/mol. The lowest BCUT2D eigenvalue weighted by Gasteiger charge is -2.28. The molecular formula is C18H21N3O3S. The summed E-state index contributed by atoms with van der Waals surface area (Å²) in [6.45, 7) is 0.959. The molecule has 2 aromatic rings. The van der Waals surface area contributed by atoms with Crippen molar-refractivity contribution in [2.24, 2.45) is 0 Å². The van der Waals surface area contributed by atoms with Crippen LogP contribution in [-0.4, -0.2) is 36.0 Å². The Labute approximate surface area is 147 Å². The van der Waals surface area contributed by atoms with Crippen molar-refractivity contribution in [3.63, 3.8) is 0 Å². The van der Waals surface area contributed by atoms with Crippen LogP contribution in [0.1, 0.15) is 54.9 Å². The highest BCUT2D eigenvalue weighted by Crippen LogP contribution is 2.40. The van der Waals surface area contributed by atoms with E-state index in [2.05, 4.69) is 10.2 Å². The molecule has 6 nitrogen and oxygen atoms in total. The highest BCUT2D eigenvalue weighted by molar-refractivity contribution is 7.92. The van der Waals surface area contributed by atoms with Gasteiger partial charge in [-0.2, -0.15) is 4.31 Å². The van der Waals surface area contributed by atoms with Gasteiger partial charge in [-0.05, 0) is 37.3 Å². The minimum absolute atomic E-state index is 0.157. The summed E-state index contributed by atoms with van der Waals surface area (Å²) in [5.41, 5.74) is 0.874. The van der Waals surface area contributed by atoms with Gasteiger partial charge in [0.05, 0.1) is 0 Å². The van der Waals surface area contributed by atoms with Crippen LogP contribution in [0, 0.1) is 0 Å². The molecule has 2 heterocycles. The van der Waals surface area contributed by atoms with Gasteiger partial charge in [-0.3, -0.25) is 0 Å². The number of hydrogen-bond acceptors (Lipinski definition) is 5. The van der Waals surface area contributed by atoms with Crippen molar-refractivity contribution in [2.75, 3.05) is 13.1 Å². The van der Waals surface area contributed by atoms with Gasteiger partial charge in [-0.1, -0.05) is 30.3 Å². The molecule has 1 aliphatic carbocycles. The molecule has 132 valence electrons. The predicted octanol–water partition coefficient (Wildman–Crippen LogP) is 3.13. The molecule has 1 aromatic heterocycles. The summed E-state index contributed by atoms with van der Waals surface area (Å²) in [5, 5.41) is 9.58. The lowest BCUT2D eigenvalue weighted by atomic mass is 9.98. The number of benzene rings is 1. The Kier molecular flexibility index (Phi) is 4.43. The van der Waals surface area contributed by atoms with E-state index in [1.165, 1.54) is 9.71 Å². The molecule has 0 unspecified atom stereocenters. The number of sulfonamides is 1. The van der Waals surface area contributed by atoms with Crippen LogP contribution in [0.25, 0.3) is 6.08 Å². The zero-order valence-electron chi connectivity index (χ0n) is 13.9. The highest BCUT2D eigenvalue weighted by Gasteiger charge is 2.33. The second-order valence-electron chi connectivity index (χ2n) is 6.68. The fourth-order valence-electron chi connectivity index (χ4n) is 3.08. The summed E-state index contributed by atoms with van der Waals surface area (Å²) < 4.78 is 32.3. The molecule has 0 amide bonds. The molecule has 0 bridgehead atoms. The Morgan fingerprint density at radius 2 is 1.56 bits per heavy atom. The van der Waals surface area contributed by atoms with Gasteiger partial charge in [0.2, 0.25) is 21.8 Å². The molecule has 1 saturated carbocycles. The molecule has 2 fully saturated rings. The molecule has 1 aromatic carbocycles. The first-order valence-electron chi connectivity index (χ1n) is 8.68. The topological polar surface area (TPSA) is 76.3 Å². The van der Waals surface area contributed by atoms with Crippen LogP contribution >= 0.6 is 0 Å². The molecule has 0 radical (unpaired) electrons. The first-order valence-corrected chi connectivity index (χ1v) is 10.2. The molecule has 1 saturated heterocycles. The van der Waals surface area contributed by atoms with Crippen LogP contribution in [0.15, 0.2) is 40.2 Å². The van der Waals surface area contributed by atoms with E-state index in [0.717, 1.165) is 24.3 Å². The van der Waals surface area contributed by atoms with Crippen LogP contribution in [-0.2, 0) is 10.0 Å². The lowest BCUT2D eigenvalue weighted by molar-refractivity contribution is 0.288. The Morgan fingerprint density at radius 1 is 0.960 bits per heavy atom. The van der Waals surface area contributed by atoms with Gasteiger partial charge in [0.25, 0.3) is 0 Å². The molecule has 0 atom stereocenters. The minimum Gasteiger partial charge on any atom is -0.425 e. The van der Waals surface area contributed by atoms with E-state index >= 15 is 0 Å². The zero-order valence-corrected chi connectivity index (χ0v) is 14.7. The van der Waals surface area contributed by atoms with Crippen LogP contribution in [0.2, 0.25) is 0 Å². The Hall–Kier alpha value is -1.99. The number of rotatable bonds is 5. The van der Waals surface area contributed by atoms with Crippen molar-refractivity contribution in [3.8, 4) is 0 Å². The van der Waals surface area contributed by atoms with E-state index in [9.17, 15) is 8.42 Å². The van der Waals surface area contributed by atoms with E-state index in [-0.39, 0.29) is 5.92 Å². The summed E-state index contributed by atoms with van der Waals surface area (Å²) >= 11 is 0. The van der Waals surface area contributed by atoms with Gasteiger partial charge in [-0.15, -0.1) is 10.2 Å². The molecule has 2 aliphatic rings. The third kappa shape index (κ3) is 3.82. The van der Waals surface area contributed by atoms with Gasteiger partial charge in [-0.25, -0.2) is 8.42 Å². The van der Waals surface area contributed by atoms with Crippen molar-refractivity contribution < 1.29 is 12.8 Å². The van der Waals surface area contributed by atoms with Crippen LogP contribution in [0.4, 0.5) is 0 Å². The molecule has 1 aliphatic heterocycles. The van der Waals surface area contributed by atoms with Gasteiger partial charge in [0, 0.05) is 30.3 Å². The predicted molar refractivity (Wildman–Crippen MR) is 94.2 cm³/mol. The van der Waals surface area contributed by atoms with Gasteiger partial charge < -0.3 is 4.42 Å². The Balaban J connectivity index is 1.37. The van der Waals surface area contributed by atoms with E-state index in [1.807, 2.05) is 30.3 Å². The molecule has 0 spiro atoms. The van der Waals surface area contributed by atoms with E-state index < -0.39 is 10.0 Å². The Bertz CT molecular complexity index is 849. The van der Waals surface area contributed by atoms with Crippen molar-refractivity contribution >= 4 is 16.1 Å². The first kappa shape index (κ1) is 16.5. The maximum absolute atomic E-state index is 12.5. The molecule has 7 heteroatoms. The monoisotopic (exact) mass is 359 g/mol. The summed E-state index contributed by atoms with van der Waals surface area (Å²) in [6, 6.07) is 9.44. The van der Waals surface area contributed by atoms with E-state index in [1.54, 1.807) is 6.08 Å². The molecule has 25 heavy (non-hydrogen) atoms.